The van der Waals surface area contributed by atoms with Gasteiger partial charge in [-0.15, -0.1) is 0 Å². The summed E-state index contributed by atoms with van der Waals surface area (Å²) >= 11 is 0. The molecular weight excluding hydrogens is 212 g/mol. The van der Waals surface area contributed by atoms with Crippen molar-refractivity contribution in [3.63, 3.8) is 0 Å². The van der Waals surface area contributed by atoms with E-state index in [2.05, 4.69) is 10.6 Å². The molecule has 0 radical (unpaired) electrons. The van der Waals surface area contributed by atoms with Crippen LogP contribution in [0.1, 0.15) is 32.6 Å². The number of piperidine rings is 1. The van der Waals surface area contributed by atoms with Gasteiger partial charge in [0.25, 0.3) is 0 Å². The van der Waals surface area contributed by atoms with E-state index in [1.54, 1.807) is 0 Å². The summed E-state index contributed by atoms with van der Waals surface area (Å²) < 4.78 is 4.85. The number of ether oxygens (including phenoxy) is 1. The van der Waals surface area contributed by atoms with Gasteiger partial charge in [-0.3, -0.25) is 14.9 Å². The Morgan fingerprint density at radius 1 is 1.56 bits per heavy atom. The third-order valence-corrected chi connectivity index (χ3v) is 2.26. The number of carbonyl (C=O) groups is 3. The van der Waals surface area contributed by atoms with Crippen LogP contribution in [0.15, 0.2) is 0 Å². The van der Waals surface area contributed by atoms with Crippen LogP contribution >= 0.6 is 0 Å². The molecule has 6 heteroatoms. The topological polar surface area (TPSA) is 84.5 Å². The maximum atomic E-state index is 11.3. The van der Waals surface area contributed by atoms with Gasteiger partial charge in [0.15, 0.2) is 0 Å². The van der Waals surface area contributed by atoms with E-state index < -0.39 is 18.0 Å². The molecule has 0 aromatic carbocycles. The number of hydrogen-bond acceptors (Lipinski definition) is 4. The number of nitrogens with one attached hydrogen (secondary N) is 2. The lowest BCUT2D eigenvalue weighted by molar-refractivity contribution is -0.134. The average molecular weight is 228 g/mol. The van der Waals surface area contributed by atoms with Crippen molar-refractivity contribution >= 4 is 17.9 Å². The first-order valence-corrected chi connectivity index (χ1v) is 5.40. The van der Waals surface area contributed by atoms with Gasteiger partial charge in [0.1, 0.15) is 6.04 Å². The molecule has 1 rings (SSSR count). The Kier molecular flexibility index (Phi) is 4.75. The molecule has 1 fully saturated rings. The minimum Gasteiger partial charge on any atom is -0.450 e. The minimum absolute atomic E-state index is 0.242. The van der Waals surface area contributed by atoms with Crippen LogP contribution in [0.4, 0.5) is 4.79 Å². The van der Waals surface area contributed by atoms with Gasteiger partial charge >= 0.3 is 6.09 Å². The van der Waals surface area contributed by atoms with Crippen molar-refractivity contribution in [3.05, 3.63) is 0 Å². The number of amides is 3. The van der Waals surface area contributed by atoms with E-state index in [-0.39, 0.29) is 12.3 Å². The summed E-state index contributed by atoms with van der Waals surface area (Å²) in [4.78, 5) is 33.3. The molecule has 1 aliphatic rings. The molecule has 3 amide bonds. The van der Waals surface area contributed by atoms with Gasteiger partial charge in [-0.05, 0) is 12.8 Å². The second-order valence-corrected chi connectivity index (χ2v) is 3.64. The molecule has 2 N–H and O–H groups in total. The summed E-state index contributed by atoms with van der Waals surface area (Å²) in [5.41, 5.74) is 0. The number of rotatable bonds is 4. The molecule has 0 aliphatic carbocycles. The number of hydrogen-bond donors (Lipinski definition) is 2. The standard InChI is InChI=1S/C10H16N2O4/c1-2-3-6-16-10(15)11-7-4-5-8(13)12-9(7)14/h7H,2-6H2,1H3,(H,11,15)(H,12,13,14)/t7-/m0/s1. The van der Waals surface area contributed by atoms with Crippen LogP contribution in [-0.2, 0) is 14.3 Å². The van der Waals surface area contributed by atoms with Gasteiger partial charge in [0, 0.05) is 6.42 Å². The Morgan fingerprint density at radius 2 is 2.31 bits per heavy atom. The number of unbranched alkanes of at least 4 members (excludes halogenated alkanes) is 1. The molecule has 16 heavy (non-hydrogen) atoms. The summed E-state index contributed by atoms with van der Waals surface area (Å²) in [7, 11) is 0. The first-order valence-electron chi connectivity index (χ1n) is 5.40. The highest BCUT2D eigenvalue weighted by Gasteiger charge is 2.28. The maximum absolute atomic E-state index is 11.3. The third kappa shape index (κ3) is 3.88. The predicted octanol–water partition coefficient (Wildman–Crippen LogP) is 0.318. The average Bonchev–Trinajstić information content (AvgIpc) is 2.23. The van der Waals surface area contributed by atoms with Crippen molar-refractivity contribution < 1.29 is 19.1 Å². The van der Waals surface area contributed by atoms with Crippen LogP contribution in [0.25, 0.3) is 0 Å². The smallest absolute Gasteiger partial charge is 0.407 e. The van der Waals surface area contributed by atoms with Crippen LogP contribution < -0.4 is 10.6 Å². The highest BCUT2D eigenvalue weighted by Crippen LogP contribution is 2.04. The lowest BCUT2D eigenvalue weighted by Gasteiger charge is -2.21. The first-order chi connectivity index (χ1) is 7.63. The zero-order chi connectivity index (χ0) is 12.0. The van der Waals surface area contributed by atoms with E-state index >= 15 is 0 Å². The summed E-state index contributed by atoms with van der Waals surface area (Å²) in [6.07, 6.45) is 1.69. The molecule has 1 aliphatic heterocycles. The fraction of sp³-hybridized carbons (Fsp3) is 0.700. The number of alkyl carbamates (subject to hydrolysis) is 1. The number of imide groups is 1. The van der Waals surface area contributed by atoms with Crippen LogP contribution in [0, 0.1) is 0 Å². The van der Waals surface area contributed by atoms with Gasteiger partial charge in [0.05, 0.1) is 6.61 Å². The van der Waals surface area contributed by atoms with Gasteiger partial charge < -0.3 is 10.1 Å². The molecule has 0 bridgehead atoms. The van der Waals surface area contributed by atoms with E-state index in [0.717, 1.165) is 12.8 Å². The molecule has 1 heterocycles. The SMILES string of the molecule is CCCCOC(=O)N[C@H]1CCC(=O)NC1=O. The van der Waals surface area contributed by atoms with Crippen LogP contribution in [0.5, 0.6) is 0 Å². The van der Waals surface area contributed by atoms with Crippen molar-refractivity contribution in [2.75, 3.05) is 6.61 Å². The Balaban J connectivity index is 2.28. The van der Waals surface area contributed by atoms with Crippen molar-refractivity contribution in [1.82, 2.24) is 10.6 Å². The lowest BCUT2D eigenvalue weighted by atomic mass is 10.1. The van der Waals surface area contributed by atoms with Gasteiger partial charge in [-0.2, -0.15) is 0 Å². The Bertz CT molecular complexity index is 291. The second-order valence-electron chi connectivity index (χ2n) is 3.64. The minimum atomic E-state index is -0.660. The van der Waals surface area contributed by atoms with Crippen molar-refractivity contribution in [1.29, 1.82) is 0 Å². The molecule has 0 aromatic rings. The maximum Gasteiger partial charge on any atom is 0.407 e. The van der Waals surface area contributed by atoms with E-state index in [0.29, 0.717) is 13.0 Å². The summed E-state index contributed by atoms with van der Waals surface area (Å²) in [5.74, 6) is -0.772. The molecular formula is C10H16N2O4. The van der Waals surface area contributed by atoms with Gasteiger partial charge in [-0.25, -0.2) is 4.79 Å². The normalized spacial score (nSPS) is 20.2. The molecule has 1 saturated heterocycles. The van der Waals surface area contributed by atoms with Crippen LogP contribution in [-0.4, -0.2) is 30.6 Å². The molecule has 90 valence electrons. The van der Waals surface area contributed by atoms with Gasteiger partial charge in [0.2, 0.25) is 11.8 Å². The Labute approximate surface area is 93.7 Å². The Hall–Kier alpha value is -1.59. The zero-order valence-electron chi connectivity index (χ0n) is 9.25. The summed E-state index contributed by atoms with van der Waals surface area (Å²) in [6, 6.07) is -0.660. The molecule has 1 atom stereocenters. The predicted molar refractivity (Wildman–Crippen MR) is 55.6 cm³/mol. The van der Waals surface area contributed by atoms with E-state index in [9.17, 15) is 14.4 Å². The fourth-order valence-corrected chi connectivity index (χ4v) is 1.32. The lowest BCUT2D eigenvalue weighted by Crippen LogP contribution is -2.52. The van der Waals surface area contributed by atoms with E-state index in [1.165, 1.54) is 0 Å². The molecule has 6 nitrogen and oxygen atoms in total. The summed E-state index contributed by atoms with van der Waals surface area (Å²) in [6.45, 7) is 2.33. The van der Waals surface area contributed by atoms with Crippen LogP contribution in [0.3, 0.4) is 0 Å². The van der Waals surface area contributed by atoms with Crippen LogP contribution in [0.2, 0.25) is 0 Å². The Morgan fingerprint density at radius 3 is 2.94 bits per heavy atom. The highest BCUT2D eigenvalue weighted by molar-refractivity contribution is 6.01. The quantitative estimate of drug-likeness (QED) is 0.536. The molecule has 0 aromatic heterocycles. The van der Waals surface area contributed by atoms with Crippen molar-refractivity contribution in [3.8, 4) is 0 Å². The first kappa shape index (κ1) is 12.5. The van der Waals surface area contributed by atoms with Crippen molar-refractivity contribution in [2.24, 2.45) is 0 Å². The highest BCUT2D eigenvalue weighted by atomic mass is 16.5. The largest absolute Gasteiger partial charge is 0.450 e. The fourth-order valence-electron chi connectivity index (χ4n) is 1.32. The van der Waals surface area contributed by atoms with E-state index in [1.807, 2.05) is 6.92 Å². The zero-order valence-corrected chi connectivity index (χ0v) is 9.25. The molecule has 0 saturated carbocycles. The second kappa shape index (κ2) is 6.09. The summed E-state index contributed by atoms with van der Waals surface area (Å²) in [5, 5.41) is 4.58. The molecule has 0 unspecified atom stereocenters. The van der Waals surface area contributed by atoms with Gasteiger partial charge in [-0.1, -0.05) is 13.3 Å². The number of carbonyl (C=O) groups excluding carboxylic acids is 3. The van der Waals surface area contributed by atoms with E-state index in [4.69, 9.17) is 4.74 Å². The molecule has 0 spiro atoms. The third-order valence-electron chi connectivity index (χ3n) is 2.26. The van der Waals surface area contributed by atoms with Crippen molar-refractivity contribution in [2.45, 2.75) is 38.6 Å². The monoisotopic (exact) mass is 228 g/mol.